The quantitative estimate of drug-likeness (QED) is 0.463. The molecule has 10 heteroatoms. The Kier molecular flexibility index (Phi) is 6.25. The zero-order chi connectivity index (χ0) is 19.5. The van der Waals surface area contributed by atoms with Gasteiger partial charge in [-0.15, -0.1) is 0 Å². The van der Waals surface area contributed by atoms with Gasteiger partial charge < -0.3 is 4.90 Å². The van der Waals surface area contributed by atoms with Crippen LogP contribution in [0.15, 0.2) is 46.9 Å². The van der Waals surface area contributed by atoms with E-state index in [4.69, 9.17) is 11.6 Å². The Hall–Kier alpha value is -2.13. The van der Waals surface area contributed by atoms with Gasteiger partial charge >= 0.3 is 6.18 Å². The molecule has 2 aromatic carbocycles. The van der Waals surface area contributed by atoms with Crippen molar-refractivity contribution >= 4 is 39.1 Å². The first kappa shape index (κ1) is 20.2. The number of hydrogen-bond donors (Lipinski definition) is 0. The van der Waals surface area contributed by atoms with Crippen LogP contribution in [0, 0.1) is 10.1 Å². The summed E-state index contributed by atoms with van der Waals surface area (Å²) in [5.41, 5.74) is -0.516. The van der Waals surface area contributed by atoms with Gasteiger partial charge in [-0.3, -0.25) is 14.9 Å². The van der Waals surface area contributed by atoms with Crippen LogP contribution in [0.25, 0.3) is 0 Å². The zero-order valence-electron chi connectivity index (χ0n) is 13.0. The van der Waals surface area contributed by atoms with Gasteiger partial charge in [0.05, 0.1) is 22.1 Å². The van der Waals surface area contributed by atoms with Crippen LogP contribution in [0.5, 0.6) is 0 Å². The number of rotatable bonds is 5. The van der Waals surface area contributed by atoms with E-state index in [1.54, 1.807) is 0 Å². The zero-order valence-corrected chi connectivity index (χ0v) is 15.3. The molecule has 0 aliphatic heterocycles. The van der Waals surface area contributed by atoms with Crippen LogP contribution in [-0.4, -0.2) is 28.5 Å². The second-order valence-electron chi connectivity index (χ2n) is 5.29. The summed E-state index contributed by atoms with van der Waals surface area (Å²) in [5, 5.41) is 11.1. The lowest BCUT2D eigenvalue weighted by molar-refractivity contribution is -0.385. The smallest absolute Gasteiger partial charge is 0.325 e. The van der Waals surface area contributed by atoms with Crippen LogP contribution in [-0.2, 0) is 6.54 Å². The van der Waals surface area contributed by atoms with E-state index in [0.717, 1.165) is 6.07 Å². The van der Waals surface area contributed by atoms with Gasteiger partial charge in [-0.05, 0) is 18.2 Å². The topological polar surface area (TPSA) is 63.5 Å². The third-order valence-corrected chi connectivity index (χ3v) is 4.19. The molecule has 2 aromatic rings. The molecule has 0 aliphatic rings. The lowest BCUT2D eigenvalue weighted by Crippen LogP contribution is -2.38. The normalized spacial score (nSPS) is 11.3. The third kappa shape index (κ3) is 5.18. The largest absolute Gasteiger partial charge is 0.406 e. The van der Waals surface area contributed by atoms with Gasteiger partial charge in [0.15, 0.2) is 0 Å². The van der Waals surface area contributed by atoms with Gasteiger partial charge in [0.1, 0.15) is 6.54 Å². The maximum atomic E-state index is 13.0. The number of carbonyl (C=O) groups excluding carboxylic acids is 1. The van der Waals surface area contributed by atoms with E-state index < -0.39 is 30.1 Å². The third-order valence-electron chi connectivity index (χ3n) is 3.37. The molecule has 0 radical (unpaired) electrons. The fourth-order valence-corrected chi connectivity index (χ4v) is 2.84. The van der Waals surface area contributed by atoms with Gasteiger partial charge in [0, 0.05) is 16.1 Å². The monoisotopic (exact) mass is 450 g/mol. The first-order chi connectivity index (χ1) is 12.1. The van der Waals surface area contributed by atoms with Crippen LogP contribution in [0.4, 0.5) is 18.9 Å². The summed E-state index contributed by atoms with van der Waals surface area (Å²) in [4.78, 5) is 23.5. The van der Waals surface area contributed by atoms with E-state index in [-0.39, 0.29) is 21.8 Å². The van der Waals surface area contributed by atoms with Crippen LogP contribution >= 0.6 is 27.5 Å². The molecule has 0 heterocycles. The number of amides is 1. The Bertz CT molecular complexity index is 846. The Morgan fingerprint density at radius 2 is 1.88 bits per heavy atom. The minimum absolute atomic E-state index is 0.0128. The van der Waals surface area contributed by atoms with Crippen molar-refractivity contribution in [3.63, 3.8) is 0 Å². The highest BCUT2D eigenvalue weighted by atomic mass is 79.9. The standard InChI is InChI=1S/C16H11BrClF3N2O3/c17-11-5-6-13(18)12(7-11)15(24)22(9-16(19,20)21)8-10-3-1-2-4-14(10)23(25)26/h1-7H,8-9H2. The number of para-hydroxylation sites is 1. The fourth-order valence-electron chi connectivity index (χ4n) is 2.28. The van der Waals surface area contributed by atoms with E-state index in [1.165, 1.54) is 36.4 Å². The van der Waals surface area contributed by atoms with Crippen molar-refractivity contribution in [2.24, 2.45) is 0 Å². The van der Waals surface area contributed by atoms with Crippen molar-refractivity contribution in [1.82, 2.24) is 4.90 Å². The molecular weight excluding hydrogens is 441 g/mol. The van der Waals surface area contributed by atoms with E-state index in [9.17, 15) is 28.1 Å². The number of hydrogen-bond acceptors (Lipinski definition) is 3. The summed E-state index contributed by atoms with van der Waals surface area (Å²) in [6.45, 7) is -2.15. The molecule has 0 atom stereocenters. The van der Waals surface area contributed by atoms with Gasteiger partial charge in [-0.25, -0.2) is 0 Å². The fraction of sp³-hybridized carbons (Fsp3) is 0.188. The molecule has 1 amide bonds. The molecule has 0 N–H and O–H groups in total. The molecule has 0 unspecified atom stereocenters. The first-order valence-corrected chi connectivity index (χ1v) is 8.29. The van der Waals surface area contributed by atoms with Crippen molar-refractivity contribution in [3.05, 3.63) is 73.2 Å². The van der Waals surface area contributed by atoms with Crippen molar-refractivity contribution in [2.45, 2.75) is 12.7 Å². The second kappa shape index (κ2) is 8.05. The van der Waals surface area contributed by atoms with Crippen LogP contribution in [0.3, 0.4) is 0 Å². The summed E-state index contributed by atoms with van der Waals surface area (Å²) in [5.74, 6) is -0.980. The summed E-state index contributed by atoms with van der Waals surface area (Å²) < 4.78 is 39.3. The number of halogens is 5. The highest BCUT2D eigenvalue weighted by Gasteiger charge is 2.34. The minimum atomic E-state index is -4.68. The number of nitrogens with zero attached hydrogens (tertiary/aromatic N) is 2. The van der Waals surface area contributed by atoms with E-state index in [1.807, 2.05) is 0 Å². The first-order valence-electron chi connectivity index (χ1n) is 7.12. The molecule has 26 heavy (non-hydrogen) atoms. The number of nitro groups is 1. The molecule has 0 bridgehead atoms. The van der Waals surface area contributed by atoms with Crippen molar-refractivity contribution in [2.75, 3.05) is 6.54 Å². The lowest BCUT2D eigenvalue weighted by Gasteiger charge is -2.24. The summed E-state index contributed by atoms with van der Waals surface area (Å²) in [7, 11) is 0. The SMILES string of the molecule is O=C(c1cc(Br)ccc1Cl)N(Cc1ccccc1[N+](=O)[O-])CC(F)(F)F. The molecule has 0 saturated carbocycles. The molecular formula is C16H11BrClF3N2O3. The molecule has 0 saturated heterocycles. The maximum absolute atomic E-state index is 13.0. The Labute approximate surface area is 159 Å². The van der Waals surface area contributed by atoms with E-state index >= 15 is 0 Å². The van der Waals surface area contributed by atoms with Crippen LogP contribution in [0.1, 0.15) is 15.9 Å². The maximum Gasteiger partial charge on any atom is 0.406 e. The number of benzene rings is 2. The van der Waals surface area contributed by atoms with Gasteiger partial charge in [0.25, 0.3) is 11.6 Å². The molecule has 0 aromatic heterocycles. The molecule has 138 valence electrons. The highest BCUT2D eigenvalue weighted by Crippen LogP contribution is 2.27. The molecule has 0 fully saturated rings. The van der Waals surface area contributed by atoms with Gasteiger partial charge in [-0.2, -0.15) is 13.2 Å². The minimum Gasteiger partial charge on any atom is -0.325 e. The molecule has 0 spiro atoms. The van der Waals surface area contributed by atoms with Gasteiger partial charge in [-0.1, -0.05) is 45.7 Å². The molecule has 5 nitrogen and oxygen atoms in total. The molecule has 2 rings (SSSR count). The summed E-state index contributed by atoms with van der Waals surface area (Å²) >= 11 is 9.07. The second-order valence-corrected chi connectivity index (χ2v) is 6.61. The summed E-state index contributed by atoms with van der Waals surface area (Å²) in [6.07, 6.45) is -4.68. The number of carbonyl (C=O) groups is 1. The number of nitro benzene ring substituents is 1. The van der Waals surface area contributed by atoms with Gasteiger partial charge in [0.2, 0.25) is 0 Å². The van der Waals surface area contributed by atoms with E-state index in [2.05, 4.69) is 15.9 Å². The van der Waals surface area contributed by atoms with E-state index in [0.29, 0.717) is 9.37 Å². The van der Waals surface area contributed by atoms with Crippen molar-refractivity contribution < 1.29 is 22.9 Å². The number of alkyl halides is 3. The van der Waals surface area contributed by atoms with Crippen LogP contribution < -0.4 is 0 Å². The van der Waals surface area contributed by atoms with Crippen LogP contribution in [0.2, 0.25) is 5.02 Å². The predicted octanol–water partition coefficient (Wildman–Crippen LogP) is 5.22. The average Bonchev–Trinajstić information content (AvgIpc) is 2.55. The lowest BCUT2D eigenvalue weighted by atomic mass is 10.1. The summed E-state index contributed by atoms with van der Waals surface area (Å²) in [6, 6.07) is 9.51. The Morgan fingerprint density at radius 3 is 2.50 bits per heavy atom. The average molecular weight is 452 g/mol. The Balaban J connectivity index is 2.43. The molecule has 0 aliphatic carbocycles. The van der Waals surface area contributed by atoms with Crippen molar-refractivity contribution in [3.8, 4) is 0 Å². The highest BCUT2D eigenvalue weighted by molar-refractivity contribution is 9.10. The predicted molar refractivity (Wildman–Crippen MR) is 93.0 cm³/mol. The van der Waals surface area contributed by atoms with Crippen molar-refractivity contribution in [1.29, 1.82) is 0 Å². The Morgan fingerprint density at radius 1 is 1.23 bits per heavy atom.